The van der Waals surface area contributed by atoms with Gasteiger partial charge in [-0.3, -0.25) is 4.79 Å². The zero-order chi connectivity index (χ0) is 16.8. The Labute approximate surface area is 133 Å². The molecule has 0 saturated carbocycles. The molecule has 0 aliphatic heterocycles. The maximum Gasteiger partial charge on any atom is 0.224 e. The number of amides is 1. The summed E-state index contributed by atoms with van der Waals surface area (Å²) in [5.74, 6) is -0.951. The van der Waals surface area contributed by atoms with Gasteiger partial charge in [0, 0.05) is 30.3 Å². The predicted octanol–water partition coefficient (Wildman–Crippen LogP) is 3.55. The Bertz CT molecular complexity index is 682. The summed E-state index contributed by atoms with van der Waals surface area (Å²) in [6.45, 7) is 0. The number of benzene rings is 2. The third-order valence-corrected chi connectivity index (χ3v) is 3.26. The van der Waals surface area contributed by atoms with Gasteiger partial charge in [0.05, 0.1) is 14.2 Å². The van der Waals surface area contributed by atoms with Gasteiger partial charge in [0.25, 0.3) is 0 Å². The maximum absolute atomic E-state index is 13.1. The number of aryl methyl sites for hydroxylation is 1. The number of halogens is 2. The number of rotatable bonds is 6. The summed E-state index contributed by atoms with van der Waals surface area (Å²) >= 11 is 0. The fourth-order valence-corrected chi connectivity index (χ4v) is 2.06. The van der Waals surface area contributed by atoms with E-state index >= 15 is 0 Å². The van der Waals surface area contributed by atoms with Crippen LogP contribution >= 0.6 is 0 Å². The molecule has 4 nitrogen and oxygen atoms in total. The van der Waals surface area contributed by atoms with Crippen LogP contribution in [0.1, 0.15) is 12.0 Å². The normalized spacial score (nSPS) is 10.3. The molecule has 0 bridgehead atoms. The van der Waals surface area contributed by atoms with E-state index < -0.39 is 11.6 Å². The molecule has 0 unspecified atom stereocenters. The topological polar surface area (TPSA) is 47.6 Å². The quantitative estimate of drug-likeness (QED) is 0.885. The minimum Gasteiger partial charge on any atom is -0.497 e. The Morgan fingerprint density at radius 1 is 1.00 bits per heavy atom. The predicted molar refractivity (Wildman–Crippen MR) is 82.9 cm³/mol. The number of hydrogen-bond acceptors (Lipinski definition) is 3. The first kappa shape index (κ1) is 16.7. The van der Waals surface area contributed by atoms with Gasteiger partial charge >= 0.3 is 0 Å². The SMILES string of the molecule is COc1cc(NC(=O)CCc2ccc(F)c(F)c2)cc(OC)c1. The second-order valence-corrected chi connectivity index (χ2v) is 4.90. The average Bonchev–Trinajstić information content (AvgIpc) is 2.55. The maximum atomic E-state index is 13.1. The first-order chi connectivity index (χ1) is 11.0. The molecule has 0 aliphatic carbocycles. The van der Waals surface area contributed by atoms with Crippen LogP contribution in [0, 0.1) is 11.6 Å². The van der Waals surface area contributed by atoms with E-state index in [9.17, 15) is 13.6 Å². The Hall–Kier alpha value is -2.63. The molecule has 2 rings (SSSR count). The van der Waals surface area contributed by atoms with Crippen LogP contribution in [0.2, 0.25) is 0 Å². The second-order valence-electron chi connectivity index (χ2n) is 4.90. The molecule has 0 spiro atoms. The highest BCUT2D eigenvalue weighted by Gasteiger charge is 2.08. The smallest absolute Gasteiger partial charge is 0.224 e. The van der Waals surface area contributed by atoms with Crippen molar-refractivity contribution in [1.29, 1.82) is 0 Å². The van der Waals surface area contributed by atoms with Gasteiger partial charge in [-0.25, -0.2) is 8.78 Å². The number of methoxy groups -OCH3 is 2. The van der Waals surface area contributed by atoms with E-state index in [1.165, 1.54) is 20.3 Å². The van der Waals surface area contributed by atoms with Crippen LogP contribution in [-0.2, 0) is 11.2 Å². The van der Waals surface area contributed by atoms with Crippen LogP contribution < -0.4 is 14.8 Å². The van der Waals surface area contributed by atoms with Crippen molar-refractivity contribution in [2.24, 2.45) is 0 Å². The van der Waals surface area contributed by atoms with Crippen molar-refractivity contribution in [3.63, 3.8) is 0 Å². The van der Waals surface area contributed by atoms with E-state index in [1.54, 1.807) is 18.2 Å². The summed E-state index contributed by atoms with van der Waals surface area (Å²) in [6, 6.07) is 8.62. The molecule has 0 fully saturated rings. The van der Waals surface area contributed by atoms with Gasteiger partial charge in [0.2, 0.25) is 5.91 Å². The number of carbonyl (C=O) groups is 1. The summed E-state index contributed by atoms with van der Waals surface area (Å²) in [6.07, 6.45) is 0.453. The van der Waals surface area contributed by atoms with Crippen molar-refractivity contribution in [1.82, 2.24) is 0 Å². The van der Waals surface area contributed by atoms with Crippen molar-refractivity contribution in [2.75, 3.05) is 19.5 Å². The summed E-state index contributed by atoms with van der Waals surface area (Å²) in [5, 5.41) is 2.72. The van der Waals surface area contributed by atoms with Crippen molar-refractivity contribution in [3.8, 4) is 11.5 Å². The number of anilines is 1. The van der Waals surface area contributed by atoms with Crippen LogP contribution in [0.3, 0.4) is 0 Å². The molecule has 2 aromatic carbocycles. The molecule has 1 N–H and O–H groups in total. The van der Waals surface area contributed by atoms with Crippen molar-refractivity contribution >= 4 is 11.6 Å². The molecule has 23 heavy (non-hydrogen) atoms. The number of ether oxygens (including phenoxy) is 2. The van der Waals surface area contributed by atoms with E-state index in [4.69, 9.17) is 9.47 Å². The number of nitrogens with one attached hydrogen (secondary N) is 1. The van der Waals surface area contributed by atoms with Crippen molar-refractivity contribution < 1.29 is 23.0 Å². The van der Waals surface area contributed by atoms with Crippen LogP contribution in [0.4, 0.5) is 14.5 Å². The molecular formula is C17H17F2NO3. The monoisotopic (exact) mass is 321 g/mol. The Morgan fingerprint density at radius 3 is 2.22 bits per heavy atom. The molecule has 2 aromatic rings. The third kappa shape index (κ3) is 4.67. The van der Waals surface area contributed by atoms with Gasteiger partial charge in [-0.15, -0.1) is 0 Å². The van der Waals surface area contributed by atoms with Crippen molar-refractivity contribution in [2.45, 2.75) is 12.8 Å². The van der Waals surface area contributed by atoms with E-state index in [2.05, 4.69) is 5.32 Å². The Balaban J connectivity index is 1.97. The first-order valence-electron chi connectivity index (χ1n) is 6.98. The van der Waals surface area contributed by atoms with Gasteiger partial charge < -0.3 is 14.8 Å². The number of hydrogen-bond donors (Lipinski definition) is 1. The van der Waals surface area contributed by atoms with Gasteiger partial charge in [-0.2, -0.15) is 0 Å². The Morgan fingerprint density at radius 2 is 1.65 bits per heavy atom. The Kier molecular flexibility index (Phi) is 5.51. The molecule has 6 heteroatoms. The highest BCUT2D eigenvalue weighted by molar-refractivity contribution is 5.91. The summed E-state index contributed by atoms with van der Waals surface area (Å²) in [4.78, 5) is 12.0. The van der Waals surface area contributed by atoms with Gasteiger partial charge in [-0.1, -0.05) is 6.07 Å². The molecule has 0 saturated heterocycles. The number of carbonyl (C=O) groups excluding carboxylic acids is 1. The largest absolute Gasteiger partial charge is 0.497 e. The van der Waals surface area contributed by atoms with E-state index in [0.29, 0.717) is 29.2 Å². The lowest BCUT2D eigenvalue weighted by Crippen LogP contribution is -2.12. The lowest BCUT2D eigenvalue weighted by Gasteiger charge is -2.10. The fourth-order valence-electron chi connectivity index (χ4n) is 2.06. The van der Waals surface area contributed by atoms with Crippen LogP contribution in [0.5, 0.6) is 11.5 Å². The lowest BCUT2D eigenvalue weighted by atomic mass is 10.1. The summed E-state index contributed by atoms with van der Waals surface area (Å²) in [7, 11) is 3.03. The van der Waals surface area contributed by atoms with E-state index in [1.807, 2.05) is 0 Å². The van der Waals surface area contributed by atoms with Crippen LogP contribution in [0.15, 0.2) is 36.4 Å². The van der Waals surface area contributed by atoms with Gasteiger partial charge in [0.15, 0.2) is 11.6 Å². The summed E-state index contributed by atoms with van der Waals surface area (Å²) < 4.78 is 36.2. The zero-order valence-electron chi connectivity index (χ0n) is 12.9. The molecule has 0 heterocycles. The van der Waals surface area contributed by atoms with E-state index in [0.717, 1.165) is 12.1 Å². The standard InChI is InChI=1S/C17H17F2NO3/c1-22-13-8-12(9-14(10-13)23-2)20-17(21)6-4-11-3-5-15(18)16(19)7-11/h3,5,7-10H,4,6H2,1-2H3,(H,20,21). The lowest BCUT2D eigenvalue weighted by molar-refractivity contribution is -0.116. The summed E-state index contributed by atoms with van der Waals surface area (Å²) in [5.41, 5.74) is 1.10. The molecule has 0 atom stereocenters. The highest BCUT2D eigenvalue weighted by Crippen LogP contribution is 2.25. The molecule has 0 aliphatic rings. The molecule has 0 radical (unpaired) electrons. The van der Waals surface area contributed by atoms with E-state index in [-0.39, 0.29) is 12.3 Å². The van der Waals surface area contributed by atoms with Crippen molar-refractivity contribution in [3.05, 3.63) is 53.6 Å². The molecular weight excluding hydrogens is 304 g/mol. The molecule has 1 amide bonds. The third-order valence-electron chi connectivity index (χ3n) is 3.26. The fraction of sp³-hybridized carbons (Fsp3) is 0.235. The zero-order valence-corrected chi connectivity index (χ0v) is 12.9. The molecule has 0 aromatic heterocycles. The first-order valence-corrected chi connectivity index (χ1v) is 6.98. The molecule has 122 valence electrons. The average molecular weight is 321 g/mol. The van der Waals surface area contributed by atoms with Crippen LogP contribution in [0.25, 0.3) is 0 Å². The minimum absolute atomic E-state index is 0.143. The second kappa shape index (κ2) is 7.58. The highest BCUT2D eigenvalue weighted by atomic mass is 19.2. The van der Waals surface area contributed by atoms with Gasteiger partial charge in [-0.05, 0) is 24.1 Å². The van der Waals surface area contributed by atoms with Gasteiger partial charge in [0.1, 0.15) is 11.5 Å². The van der Waals surface area contributed by atoms with Crippen LogP contribution in [-0.4, -0.2) is 20.1 Å². The minimum atomic E-state index is -0.916.